The summed E-state index contributed by atoms with van der Waals surface area (Å²) < 4.78 is 0. The summed E-state index contributed by atoms with van der Waals surface area (Å²) in [6.07, 6.45) is 0. The number of anilines is 1. The van der Waals surface area contributed by atoms with Crippen LogP contribution in [0.4, 0.5) is 5.69 Å². The summed E-state index contributed by atoms with van der Waals surface area (Å²) >= 11 is 0. The smallest absolute Gasteiger partial charge is 0.0438 e. The number of piperazine rings is 1. The molecular formula is C19H32N2. The molecule has 0 spiro atoms. The topological polar surface area (TPSA) is 15.3 Å². The zero-order valence-electron chi connectivity index (χ0n) is 14.8. The first-order chi connectivity index (χ1) is 9.70. The van der Waals surface area contributed by atoms with Crippen molar-refractivity contribution in [1.29, 1.82) is 0 Å². The van der Waals surface area contributed by atoms with E-state index in [0.717, 1.165) is 13.1 Å². The minimum absolute atomic E-state index is 0.290. The highest BCUT2D eigenvalue weighted by atomic mass is 15.2. The van der Waals surface area contributed by atoms with Gasteiger partial charge in [-0.2, -0.15) is 0 Å². The number of hydrogen-bond donors (Lipinski definition) is 1. The Bertz CT molecular complexity index is 485. The van der Waals surface area contributed by atoms with E-state index in [4.69, 9.17) is 0 Å². The maximum absolute atomic E-state index is 3.78. The third kappa shape index (κ3) is 3.60. The van der Waals surface area contributed by atoms with Crippen LogP contribution in [-0.4, -0.2) is 25.2 Å². The van der Waals surface area contributed by atoms with Crippen LogP contribution in [0, 0.1) is 25.2 Å². The lowest BCUT2D eigenvalue weighted by atomic mass is 9.83. The third-order valence-electron chi connectivity index (χ3n) is 4.84. The van der Waals surface area contributed by atoms with Crippen LogP contribution in [0.3, 0.4) is 0 Å². The Morgan fingerprint density at radius 1 is 1.19 bits per heavy atom. The molecule has 118 valence electrons. The Balaban J connectivity index is 2.36. The van der Waals surface area contributed by atoms with Gasteiger partial charge in [0.25, 0.3) is 0 Å². The first-order valence-electron chi connectivity index (χ1n) is 8.27. The molecule has 2 heteroatoms. The lowest BCUT2D eigenvalue weighted by Gasteiger charge is -2.48. The molecule has 0 bridgehead atoms. The van der Waals surface area contributed by atoms with Crippen LogP contribution < -0.4 is 10.2 Å². The quantitative estimate of drug-likeness (QED) is 0.879. The van der Waals surface area contributed by atoms with Crippen LogP contribution in [-0.2, 0) is 0 Å². The van der Waals surface area contributed by atoms with E-state index in [9.17, 15) is 0 Å². The highest BCUT2D eigenvalue weighted by Gasteiger charge is 2.35. The lowest BCUT2D eigenvalue weighted by Crippen LogP contribution is -2.62. The number of aryl methyl sites for hydroxylation is 2. The molecule has 1 aromatic carbocycles. The normalized spacial score (nSPS) is 23.7. The fourth-order valence-electron chi connectivity index (χ4n) is 3.25. The van der Waals surface area contributed by atoms with Crippen molar-refractivity contribution in [3.63, 3.8) is 0 Å². The second kappa shape index (κ2) is 6.00. The minimum atomic E-state index is 0.290. The van der Waals surface area contributed by atoms with Gasteiger partial charge in [0.1, 0.15) is 0 Å². The van der Waals surface area contributed by atoms with E-state index >= 15 is 0 Å². The molecule has 0 amide bonds. The van der Waals surface area contributed by atoms with E-state index in [2.05, 4.69) is 76.9 Å². The first-order valence-corrected chi connectivity index (χ1v) is 8.27. The highest BCUT2D eigenvalue weighted by molar-refractivity contribution is 5.56. The second-order valence-electron chi connectivity index (χ2n) is 8.08. The van der Waals surface area contributed by atoms with Gasteiger partial charge in [0.2, 0.25) is 0 Å². The van der Waals surface area contributed by atoms with E-state index < -0.39 is 0 Å². The van der Waals surface area contributed by atoms with Gasteiger partial charge in [-0.3, -0.25) is 0 Å². The van der Waals surface area contributed by atoms with Crippen molar-refractivity contribution in [3.8, 4) is 0 Å². The molecule has 2 rings (SSSR count). The summed E-state index contributed by atoms with van der Waals surface area (Å²) in [5.74, 6) is 0.651. The van der Waals surface area contributed by atoms with Crippen molar-refractivity contribution in [2.75, 3.05) is 18.0 Å². The molecule has 2 unspecified atom stereocenters. The molecule has 1 heterocycles. The molecule has 1 aliphatic heterocycles. The van der Waals surface area contributed by atoms with Crippen LogP contribution in [0.1, 0.15) is 45.7 Å². The van der Waals surface area contributed by atoms with Crippen molar-refractivity contribution in [2.24, 2.45) is 11.3 Å². The van der Waals surface area contributed by atoms with Crippen molar-refractivity contribution in [3.05, 3.63) is 29.3 Å². The first kappa shape index (κ1) is 16.4. The van der Waals surface area contributed by atoms with Gasteiger partial charge in [0.15, 0.2) is 0 Å². The Morgan fingerprint density at radius 2 is 1.86 bits per heavy atom. The fraction of sp³-hybridized carbons (Fsp3) is 0.684. The molecule has 1 aliphatic rings. The minimum Gasteiger partial charge on any atom is -0.365 e. The lowest BCUT2D eigenvalue weighted by molar-refractivity contribution is 0.220. The molecule has 1 N–H and O–H groups in total. The number of benzene rings is 1. The van der Waals surface area contributed by atoms with Gasteiger partial charge in [-0.05, 0) is 42.4 Å². The monoisotopic (exact) mass is 288 g/mol. The molecule has 0 radical (unpaired) electrons. The molecule has 2 nitrogen and oxygen atoms in total. The van der Waals surface area contributed by atoms with Crippen LogP contribution in [0.15, 0.2) is 18.2 Å². The SMILES string of the molecule is Cc1ccc(C)c(N2CC(C(C)(C)C)NCC2C(C)C)c1. The van der Waals surface area contributed by atoms with E-state index in [0.29, 0.717) is 18.0 Å². The zero-order valence-corrected chi connectivity index (χ0v) is 14.8. The van der Waals surface area contributed by atoms with Crippen LogP contribution in [0.25, 0.3) is 0 Å². The molecule has 21 heavy (non-hydrogen) atoms. The molecule has 2 atom stereocenters. The average Bonchev–Trinajstić information content (AvgIpc) is 2.39. The van der Waals surface area contributed by atoms with Gasteiger partial charge in [-0.1, -0.05) is 46.8 Å². The predicted octanol–water partition coefficient (Wildman–Crippen LogP) is 4.15. The van der Waals surface area contributed by atoms with Crippen LogP contribution in [0.5, 0.6) is 0 Å². The van der Waals surface area contributed by atoms with Crippen molar-refractivity contribution in [1.82, 2.24) is 5.32 Å². The Labute approximate surface area is 130 Å². The fourth-order valence-corrected chi connectivity index (χ4v) is 3.25. The Kier molecular flexibility index (Phi) is 4.67. The number of nitrogens with zero attached hydrogens (tertiary/aromatic N) is 1. The van der Waals surface area contributed by atoms with Gasteiger partial charge in [-0.25, -0.2) is 0 Å². The van der Waals surface area contributed by atoms with Gasteiger partial charge >= 0.3 is 0 Å². The molecule has 1 aromatic rings. The van der Waals surface area contributed by atoms with Gasteiger partial charge in [-0.15, -0.1) is 0 Å². The maximum Gasteiger partial charge on any atom is 0.0438 e. The molecular weight excluding hydrogens is 256 g/mol. The molecule has 0 aromatic heterocycles. The standard InChI is InChI=1S/C19H32N2/c1-13(2)17-11-20-18(19(5,6)7)12-21(17)16-10-14(3)8-9-15(16)4/h8-10,13,17-18,20H,11-12H2,1-7H3. The largest absolute Gasteiger partial charge is 0.365 e. The Morgan fingerprint density at radius 3 is 2.43 bits per heavy atom. The Hall–Kier alpha value is -1.02. The summed E-state index contributed by atoms with van der Waals surface area (Å²) in [7, 11) is 0. The second-order valence-corrected chi connectivity index (χ2v) is 8.08. The predicted molar refractivity (Wildman–Crippen MR) is 93.1 cm³/mol. The molecule has 0 saturated carbocycles. The van der Waals surface area contributed by atoms with E-state index in [1.807, 2.05) is 0 Å². The van der Waals surface area contributed by atoms with Crippen molar-refractivity contribution in [2.45, 2.75) is 60.5 Å². The van der Waals surface area contributed by atoms with E-state index in [1.54, 1.807) is 0 Å². The zero-order chi connectivity index (χ0) is 15.8. The summed E-state index contributed by atoms with van der Waals surface area (Å²) in [6.45, 7) is 18.3. The number of hydrogen-bond acceptors (Lipinski definition) is 2. The number of rotatable bonds is 2. The van der Waals surface area contributed by atoms with Crippen molar-refractivity contribution >= 4 is 5.69 Å². The van der Waals surface area contributed by atoms with Crippen LogP contribution in [0.2, 0.25) is 0 Å². The van der Waals surface area contributed by atoms with Gasteiger partial charge in [0, 0.05) is 30.9 Å². The van der Waals surface area contributed by atoms with E-state index in [1.165, 1.54) is 16.8 Å². The summed E-state index contributed by atoms with van der Waals surface area (Å²) in [5, 5.41) is 3.78. The van der Waals surface area contributed by atoms with Crippen LogP contribution >= 0.6 is 0 Å². The molecule has 1 saturated heterocycles. The van der Waals surface area contributed by atoms with Gasteiger partial charge < -0.3 is 10.2 Å². The average molecular weight is 288 g/mol. The third-order valence-corrected chi connectivity index (χ3v) is 4.84. The summed E-state index contributed by atoms with van der Waals surface area (Å²) in [5.41, 5.74) is 4.45. The van der Waals surface area contributed by atoms with Gasteiger partial charge in [0.05, 0.1) is 0 Å². The van der Waals surface area contributed by atoms with Crippen molar-refractivity contribution < 1.29 is 0 Å². The maximum atomic E-state index is 3.78. The summed E-state index contributed by atoms with van der Waals surface area (Å²) in [6, 6.07) is 7.94. The number of nitrogens with one attached hydrogen (secondary N) is 1. The molecule has 0 aliphatic carbocycles. The van der Waals surface area contributed by atoms with E-state index in [-0.39, 0.29) is 5.41 Å². The molecule has 1 fully saturated rings. The summed E-state index contributed by atoms with van der Waals surface area (Å²) in [4.78, 5) is 2.65. The highest BCUT2D eigenvalue weighted by Crippen LogP contribution is 2.31.